The molecule has 0 bridgehead atoms. The molecule has 7 nitrogen and oxygen atoms in total. The Morgan fingerprint density at radius 2 is 1.73 bits per heavy atom. The molecule has 0 aromatic heterocycles. The number of phenolic OH excluding ortho intramolecular Hbond substituents is 1. The van der Waals surface area contributed by atoms with Gasteiger partial charge in [0.15, 0.2) is 0 Å². The van der Waals surface area contributed by atoms with Crippen LogP contribution < -0.4 is 10.8 Å². The van der Waals surface area contributed by atoms with Crippen molar-refractivity contribution in [1.29, 1.82) is 0 Å². The summed E-state index contributed by atoms with van der Waals surface area (Å²) in [5, 5.41) is 20.6. The number of aromatic hydroxyl groups is 1. The fourth-order valence-corrected chi connectivity index (χ4v) is 2.30. The van der Waals surface area contributed by atoms with Crippen LogP contribution in [0.3, 0.4) is 0 Å². The van der Waals surface area contributed by atoms with Crippen molar-refractivity contribution in [1.82, 2.24) is 5.48 Å². The fourth-order valence-electron chi connectivity index (χ4n) is 2.30. The number of carbonyl (C=O) groups excluding carboxylic acids is 2. The summed E-state index contributed by atoms with van der Waals surface area (Å²) in [5.41, 5.74) is 2.73. The standard InChI is InChI=1S/C19H20N2O5/c1-13(7-12-17(23)21-25)18(14-8-10-16(22)11-9-14)26-19(24)20-15-5-3-2-4-6-15/h2-13,18,22,25H,1H3,(H,20,24)(H,21,23)/b12-7+/t13-,18+/m0/s1. The van der Waals surface area contributed by atoms with Gasteiger partial charge in [-0.25, -0.2) is 10.3 Å². The van der Waals surface area contributed by atoms with Gasteiger partial charge in [-0.05, 0) is 29.8 Å². The molecule has 2 atom stereocenters. The third kappa shape index (κ3) is 5.64. The first-order valence-corrected chi connectivity index (χ1v) is 7.93. The molecule has 136 valence electrons. The Balaban J connectivity index is 2.16. The second-order valence-corrected chi connectivity index (χ2v) is 5.60. The predicted molar refractivity (Wildman–Crippen MR) is 95.6 cm³/mol. The Bertz CT molecular complexity index is 759. The summed E-state index contributed by atoms with van der Waals surface area (Å²) < 4.78 is 5.53. The normalized spacial score (nSPS) is 13.0. The van der Waals surface area contributed by atoms with E-state index in [9.17, 15) is 14.7 Å². The Labute approximate surface area is 150 Å². The molecule has 0 spiro atoms. The van der Waals surface area contributed by atoms with E-state index in [1.54, 1.807) is 43.3 Å². The van der Waals surface area contributed by atoms with E-state index in [1.165, 1.54) is 23.7 Å². The monoisotopic (exact) mass is 356 g/mol. The minimum absolute atomic E-state index is 0.0871. The highest BCUT2D eigenvalue weighted by Crippen LogP contribution is 2.29. The maximum atomic E-state index is 12.2. The molecule has 0 aliphatic carbocycles. The predicted octanol–water partition coefficient (Wildman–Crippen LogP) is 3.38. The van der Waals surface area contributed by atoms with Crippen LogP contribution in [0.4, 0.5) is 10.5 Å². The second-order valence-electron chi connectivity index (χ2n) is 5.60. The zero-order valence-electron chi connectivity index (χ0n) is 14.1. The largest absolute Gasteiger partial charge is 0.508 e. The van der Waals surface area contributed by atoms with Crippen molar-refractivity contribution < 1.29 is 24.6 Å². The number of amides is 2. The van der Waals surface area contributed by atoms with Gasteiger partial charge in [-0.15, -0.1) is 0 Å². The number of para-hydroxylation sites is 1. The number of hydroxylamine groups is 1. The van der Waals surface area contributed by atoms with Gasteiger partial charge in [0.25, 0.3) is 5.91 Å². The Hall–Kier alpha value is -3.32. The summed E-state index contributed by atoms with van der Waals surface area (Å²) in [7, 11) is 0. The SMILES string of the molecule is C[C@@H](/C=C/C(=O)NO)[C@@H](OC(=O)Nc1ccccc1)c1ccc(O)cc1. The molecule has 2 aromatic rings. The van der Waals surface area contributed by atoms with Gasteiger partial charge < -0.3 is 9.84 Å². The number of nitrogens with one attached hydrogen (secondary N) is 2. The van der Waals surface area contributed by atoms with Gasteiger partial charge in [0.1, 0.15) is 11.9 Å². The van der Waals surface area contributed by atoms with E-state index >= 15 is 0 Å². The Morgan fingerprint density at radius 1 is 1.08 bits per heavy atom. The molecule has 2 aromatic carbocycles. The molecule has 2 amide bonds. The molecular formula is C19H20N2O5. The topological polar surface area (TPSA) is 108 Å². The van der Waals surface area contributed by atoms with Crippen LogP contribution >= 0.6 is 0 Å². The number of ether oxygens (including phenoxy) is 1. The van der Waals surface area contributed by atoms with E-state index in [4.69, 9.17) is 9.94 Å². The van der Waals surface area contributed by atoms with E-state index in [-0.39, 0.29) is 11.7 Å². The molecule has 4 N–H and O–H groups in total. The van der Waals surface area contributed by atoms with E-state index in [1.807, 2.05) is 6.07 Å². The highest BCUT2D eigenvalue weighted by Gasteiger charge is 2.22. The van der Waals surface area contributed by atoms with Crippen molar-refractivity contribution in [2.45, 2.75) is 13.0 Å². The van der Waals surface area contributed by atoms with Gasteiger partial charge in [-0.3, -0.25) is 15.3 Å². The molecule has 7 heteroatoms. The van der Waals surface area contributed by atoms with E-state index < -0.39 is 18.1 Å². The maximum absolute atomic E-state index is 12.2. The number of rotatable bonds is 6. The first kappa shape index (κ1) is 19.0. The molecule has 0 aliphatic heterocycles. The van der Waals surface area contributed by atoms with E-state index in [0.29, 0.717) is 11.3 Å². The van der Waals surface area contributed by atoms with Gasteiger partial charge >= 0.3 is 6.09 Å². The van der Waals surface area contributed by atoms with Crippen LogP contribution in [-0.4, -0.2) is 22.3 Å². The average molecular weight is 356 g/mol. The summed E-state index contributed by atoms with van der Waals surface area (Å²) in [6, 6.07) is 15.1. The zero-order chi connectivity index (χ0) is 18.9. The minimum Gasteiger partial charge on any atom is -0.508 e. The van der Waals surface area contributed by atoms with E-state index in [0.717, 1.165) is 6.08 Å². The van der Waals surface area contributed by atoms with Gasteiger partial charge in [-0.2, -0.15) is 0 Å². The Morgan fingerprint density at radius 3 is 2.35 bits per heavy atom. The maximum Gasteiger partial charge on any atom is 0.412 e. The van der Waals surface area contributed by atoms with Crippen molar-refractivity contribution in [2.75, 3.05) is 5.32 Å². The molecule has 0 saturated heterocycles. The lowest BCUT2D eigenvalue weighted by molar-refractivity contribution is -0.124. The Kier molecular flexibility index (Phi) is 6.75. The summed E-state index contributed by atoms with van der Waals surface area (Å²) in [6.07, 6.45) is 1.30. The van der Waals surface area contributed by atoms with Crippen molar-refractivity contribution in [3.05, 3.63) is 72.3 Å². The lowest BCUT2D eigenvalue weighted by Crippen LogP contribution is -2.22. The molecule has 26 heavy (non-hydrogen) atoms. The summed E-state index contributed by atoms with van der Waals surface area (Å²) in [5.74, 6) is -0.975. The van der Waals surface area contributed by atoms with Crippen molar-refractivity contribution in [3.8, 4) is 5.75 Å². The van der Waals surface area contributed by atoms with Gasteiger partial charge in [-0.1, -0.05) is 43.3 Å². The molecule has 0 fully saturated rings. The summed E-state index contributed by atoms with van der Waals surface area (Å²) in [6.45, 7) is 1.76. The average Bonchev–Trinajstić information content (AvgIpc) is 2.65. The molecule has 0 heterocycles. The first-order valence-electron chi connectivity index (χ1n) is 7.93. The third-order valence-corrected chi connectivity index (χ3v) is 3.61. The summed E-state index contributed by atoms with van der Waals surface area (Å²) >= 11 is 0. The van der Waals surface area contributed by atoms with Crippen molar-refractivity contribution in [2.24, 2.45) is 5.92 Å². The van der Waals surface area contributed by atoms with E-state index in [2.05, 4.69) is 5.32 Å². The van der Waals surface area contributed by atoms with Gasteiger partial charge in [0.05, 0.1) is 0 Å². The lowest BCUT2D eigenvalue weighted by atomic mass is 9.96. The molecular weight excluding hydrogens is 336 g/mol. The highest BCUT2D eigenvalue weighted by molar-refractivity contribution is 5.86. The van der Waals surface area contributed by atoms with Crippen LogP contribution in [0.1, 0.15) is 18.6 Å². The van der Waals surface area contributed by atoms with Crippen LogP contribution in [0.15, 0.2) is 66.7 Å². The lowest BCUT2D eigenvalue weighted by Gasteiger charge is -2.23. The molecule has 0 radical (unpaired) electrons. The zero-order valence-corrected chi connectivity index (χ0v) is 14.1. The molecule has 2 rings (SSSR count). The third-order valence-electron chi connectivity index (χ3n) is 3.61. The molecule has 0 saturated carbocycles. The van der Waals surface area contributed by atoms with Crippen LogP contribution in [0.2, 0.25) is 0 Å². The van der Waals surface area contributed by atoms with Crippen LogP contribution in [0.25, 0.3) is 0 Å². The molecule has 0 unspecified atom stereocenters. The molecule has 0 aliphatic rings. The number of benzene rings is 2. The van der Waals surface area contributed by atoms with Crippen LogP contribution in [0, 0.1) is 5.92 Å². The van der Waals surface area contributed by atoms with Gasteiger partial charge in [0.2, 0.25) is 0 Å². The van der Waals surface area contributed by atoms with Crippen molar-refractivity contribution in [3.63, 3.8) is 0 Å². The minimum atomic E-state index is -0.706. The first-order chi connectivity index (χ1) is 12.5. The number of phenols is 1. The van der Waals surface area contributed by atoms with Crippen molar-refractivity contribution >= 4 is 17.7 Å². The van der Waals surface area contributed by atoms with Gasteiger partial charge in [0, 0.05) is 17.7 Å². The number of carbonyl (C=O) groups is 2. The quantitative estimate of drug-likeness (QED) is 0.360. The fraction of sp³-hybridized carbons (Fsp3) is 0.158. The second kappa shape index (κ2) is 9.24. The summed E-state index contributed by atoms with van der Waals surface area (Å²) in [4.78, 5) is 23.4. The number of hydrogen-bond acceptors (Lipinski definition) is 5. The highest BCUT2D eigenvalue weighted by atomic mass is 16.6. The smallest absolute Gasteiger partial charge is 0.412 e. The van der Waals surface area contributed by atoms with Crippen LogP contribution in [0.5, 0.6) is 5.75 Å². The van der Waals surface area contributed by atoms with Crippen LogP contribution in [-0.2, 0) is 9.53 Å². The number of hydrogen-bond donors (Lipinski definition) is 4. The number of anilines is 1.